The highest BCUT2D eigenvalue weighted by atomic mass is 16.5. The van der Waals surface area contributed by atoms with Gasteiger partial charge < -0.3 is 9.84 Å². The monoisotopic (exact) mass is 576 g/mol. The lowest BCUT2D eigenvalue weighted by atomic mass is 9.69. The SMILES string of the molecule is C=C(C)C(=O)OCC(CO)CC1CCC(CCC2CCC(C3CC=C(c4ccc(CCCCC)cc4)CC3)CC2)CC1. The Morgan fingerprint density at radius 1 is 0.905 bits per heavy atom. The van der Waals surface area contributed by atoms with E-state index in [2.05, 4.69) is 43.8 Å². The third-order valence-corrected chi connectivity index (χ3v) is 11.1. The number of aryl methyl sites for hydroxylation is 1. The standard InChI is InChI=1S/C39H60O3/c1-4-5-6-7-30-14-18-35(19-15-30)37-22-24-38(25-23-37)36-20-16-32(17-21-36)9-8-31-10-12-33(13-11-31)26-34(27-40)28-42-39(41)29(2)3/h14-15,18-19,22,31-34,36,38,40H,2,4-13,16-17,20-21,23-28H2,1,3H3. The van der Waals surface area contributed by atoms with E-state index >= 15 is 0 Å². The van der Waals surface area contributed by atoms with Crippen molar-refractivity contribution >= 4 is 11.5 Å². The third kappa shape index (κ3) is 10.4. The molecule has 0 saturated heterocycles. The second-order valence-electron chi connectivity index (χ2n) is 14.3. The van der Waals surface area contributed by atoms with Gasteiger partial charge in [0.05, 0.1) is 6.61 Å². The lowest BCUT2D eigenvalue weighted by Gasteiger charge is -2.36. The van der Waals surface area contributed by atoms with Gasteiger partial charge in [0.25, 0.3) is 0 Å². The normalized spacial score (nSPS) is 27.2. The van der Waals surface area contributed by atoms with Gasteiger partial charge >= 0.3 is 5.97 Å². The van der Waals surface area contributed by atoms with Crippen LogP contribution in [-0.4, -0.2) is 24.3 Å². The van der Waals surface area contributed by atoms with Gasteiger partial charge in [0.2, 0.25) is 0 Å². The van der Waals surface area contributed by atoms with Crippen LogP contribution in [0.1, 0.15) is 134 Å². The Hall–Kier alpha value is -1.87. The van der Waals surface area contributed by atoms with E-state index in [1.165, 1.54) is 120 Å². The summed E-state index contributed by atoms with van der Waals surface area (Å²) in [5.41, 5.74) is 4.98. The highest BCUT2D eigenvalue weighted by Crippen LogP contribution is 2.43. The zero-order valence-corrected chi connectivity index (χ0v) is 27.0. The predicted molar refractivity (Wildman–Crippen MR) is 176 cm³/mol. The van der Waals surface area contributed by atoms with E-state index in [1.807, 2.05) is 0 Å². The van der Waals surface area contributed by atoms with E-state index in [0.29, 0.717) is 18.1 Å². The number of rotatable bonds is 15. The fraction of sp³-hybridized carbons (Fsp3) is 0.718. The van der Waals surface area contributed by atoms with Crippen molar-refractivity contribution in [3.05, 3.63) is 53.6 Å². The van der Waals surface area contributed by atoms with E-state index in [4.69, 9.17) is 4.74 Å². The molecule has 1 aromatic rings. The van der Waals surface area contributed by atoms with E-state index in [0.717, 1.165) is 30.1 Å². The van der Waals surface area contributed by atoms with Gasteiger partial charge in [-0.1, -0.05) is 108 Å². The molecular weight excluding hydrogens is 516 g/mol. The van der Waals surface area contributed by atoms with Crippen LogP contribution in [0.15, 0.2) is 42.5 Å². The number of unbranched alkanes of at least 4 members (excludes halogenated alkanes) is 2. The topological polar surface area (TPSA) is 46.5 Å². The zero-order chi connectivity index (χ0) is 29.7. The number of aliphatic hydroxyl groups excluding tert-OH is 1. The van der Waals surface area contributed by atoms with Crippen molar-refractivity contribution in [3.8, 4) is 0 Å². The summed E-state index contributed by atoms with van der Waals surface area (Å²) in [5, 5.41) is 9.77. The number of benzene rings is 1. The first-order valence-electron chi connectivity index (χ1n) is 17.7. The highest BCUT2D eigenvalue weighted by molar-refractivity contribution is 5.86. The maximum absolute atomic E-state index is 11.7. The van der Waals surface area contributed by atoms with Crippen molar-refractivity contribution in [2.75, 3.05) is 13.2 Å². The molecule has 4 rings (SSSR count). The first kappa shape index (κ1) is 33.0. The molecule has 3 heteroatoms. The number of carbonyl (C=O) groups is 1. The van der Waals surface area contributed by atoms with Crippen LogP contribution in [0.2, 0.25) is 0 Å². The molecule has 0 bridgehead atoms. The van der Waals surface area contributed by atoms with Crippen LogP contribution in [0.25, 0.3) is 5.57 Å². The maximum Gasteiger partial charge on any atom is 0.333 e. The largest absolute Gasteiger partial charge is 0.462 e. The molecule has 0 heterocycles. The molecule has 0 amide bonds. The lowest BCUT2D eigenvalue weighted by Crippen LogP contribution is -2.24. The Morgan fingerprint density at radius 3 is 2.12 bits per heavy atom. The van der Waals surface area contributed by atoms with E-state index in [9.17, 15) is 9.90 Å². The van der Waals surface area contributed by atoms with Crippen LogP contribution >= 0.6 is 0 Å². The number of allylic oxidation sites excluding steroid dienone is 2. The molecule has 3 aliphatic carbocycles. The number of hydrogen-bond acceptors (Lipinski definition) is 3. The van der Waals surface area contributed by atoms with Crippen LogP contribution < -0.4 is 0 Å². The van der Waals surface area contributed by atoms with E-state index in [-0.39, 0.29) is 18.5 Å². The zero-order valence-electron chi connectivity index (χ0n) is 27.0. The summed E-state index contributed by atoms with van der Waals surface area (Å²) in [6.07, 6.45) is 26.5. The van der Waals surface area contributed by atoms with Gasteiger partial charge in [0.15, 0.2) is 0 Å². The second-order valence-corrected chi connectivity index (χ2v) is 14.3. The van der Waals surface area contributed by atoms with E-state index < -0.39 is 0 Å². The molecule has 0 aromatic heterocycles. The van der Waals surface area contributed by atoms with Crippen molar-refractivity contribution in [2.45, 2.75) is 129 Å². The molecule has 2 atom stereocenters. The summed E-state index contributed by atoms with van der Waals surface area (Å²) < 4.78 is 5.31. The predicted octanol–water partition coefficient (Wildman–Crippen LogP) is 10.1. The number of ether oxygens (including phenoxy) is 1. The van der Waals surface area contributed by atoms with E-state index in [1.54, 1.807) is 12.5 Å². The Morgan fingerprint density at radius 2 is 1.55 bits per heavy atom. The summed E-state index contributed by atoms with van der Waals surface area (Å²) in [7, 11) is 0. The molecule has 3 aliphatic rings. The first-order chi connectivity index (χ1) is 20.4. The fourth-order valence-corrected chi connectivity index (χ4v) is 8.17. The van der Waals surface area contributed by atoms with Crippen LogP contribution in [0, 0.1) is 35.5 Å². The van der Waals surface area contributed by atoms with Gasteiger partial charge in [-0.15, -0.1) is 0 Å². The summed E-state index contributed by atoms with van der Waals surface area (Å²) in [4.78, 5) is 11.7. The quantitative estimate of drug-likeness (QED) is 0.128. The van der Waals surface area contributed by atoms with Crippen LogP contribution in [0.4, 0.5) is 0 Å². The average Bonchev–Trinajstić information content (AvgIpc) is 3.03. The second kappa shape index (κ2) is 17.4. The number of carbonyl (C=O) groups excluding carboxylic acids is 1. The molecule has 234 valence electrons. The average molecular weight is 577 g/mol. The Labute approximate surface area is 257 Å². The number of hydrogen-bond donors (Lipinski definition) is 1. The van der Waals surface area contributed by atoms with Gasteiger partial charge in [-0.2, -0.15) is 0 Å². The fourth-order valence-electron chi connectivity index (χ4n) is 8.17. The summed E-state index contributed by atoms with van der Waals surface area (Å²) in [5.74, 6) is 4.08. The molecule has 2 unspecified atom stereocenters. The molecule has 42 heavy (non-hydrogen) atoms. The Kier molecular flexibility index (Phi) is 13.7. The molecule has 2 saturated carbocycles. The van der Waals surface area contributed by atoms with Crippen molar-refractivity contribution in [1.29, 1.82) is 0 Å². The van der Waals surface area contributed by atoms with Gasteiger partial charge in [0.1, 0.15) is 0 Å². The van der Waals surface area contributed by atoms with Crippen LogP contribution in [0.5, 0.6) is 0 Å². The molecule has 0 radical (unpaired) electrons. The van der Waals surface area contributed by atoms with Gasteiger partial charge in [-0.3, -0.25) is 0 Å². The Bertz CT molecular complexity index is 975. The highest BCUT2D eigenvalue weighted by Gasteiger charge is 2.30. The summed E-state index contributed by atoms with van der Waals surface area (Å²) in [6.45, 7) is 8.00. The van der Waals surface area contributed by atoms with Crippen molar-refractivity contribution in [2.24, 2.45) is 35.5 Å². The summed E-state index contributed by atoms with van der Waals surface area (Å²) in [6, 6.07) is 9.48. The van der Waals surface area contributed by atoms with Crippen molar-refractivity contribution in [1.82, 2.24) is 0 Å². The maximum atomic E-state index is 11.7. The molecule has 1 aromatic carbocycles. The minimum Gasteiger partial charge on any atom is -0.462 e. The van der Waals surface area contributed by atoms with Gasteiger partial charge in [-0.05, 0) is 105 Å². The molecule has 2 fully saturated rings. The molecule has 0 spiro atoms. The van der Waals surface area contributed by atoms with Gasteiger partial charge in [-0.25, -0.2) is 4.79 Å². The third-order valence-electron chi connectivity index (χ3n) is 11.1. The smallest absolute Gasteiger partial charge is 0.333 e. The van der Waals surface area contributed by atoms with Crippen LogP contribution in [0.3, 0.4) is 0 Å². The number of esters is 1. The van der Waals surface area contributed by atoms with Gasteiger partial charge in [0, 0.05) is 18.1 Å². The minimum atomic E-state index is -0.342. The molecule has 3 nitrogen and oxygen atoms in total. The molecular formula is C39H60O3. The molecule has 1 N–H and O–H groups in total. The minimum absolute atomic E-state index is 0.0583. The number of aliphatic hydroxyl groups is 1. The van der Waals surface area contributed by atoms with Crippen molar-refractivity contribution in [3.63, 3.8) is 0 Å². The first-order valence-corrected chi connectivity index (χ1v) is 17.7. The molecule has 0 aliphatic heterocycles. The lowest BCUT2D eigenvalue weighted by molar-refractivity contribution is -0.140. The van der Waals surface area contributed by atoms with Crippen molar-refractivity contribution < 1.29 is 14.6 Å². The van der Waals surface area contributed by atoms with Crippen LogP contribution in [-0.2, 0) is 16.0 Å². The summed E-state index contributed by atoms with van der Waals surface area (Å²) >= 11 is 0. The Balaban J connectivity index is 1.09.